The van der Waals surface area contributed by atoms with Crippen molar-refractivity contribution in [2.45, 2.75) is 26.5 Å². The minimum atomic E-state index is -3.85. The number of hydrogen-bond donors (Lipinski definition) is 0. The quantitative estimate of drug-likeness (QED) is 0.466. The van der Waals surface area contributed by atoms with E-state index in [1.165, 1.54) is 42.5 Å². The Bertz CT molecular complexity index is 1200. The number of hydrogen-bond acceptors (Lipinski definition) is 4. The second-order valence-corrected chi connectivity index (χ2v) is 11.5. The largest absolute Gasteiger partial charge is 0.219 e. The summed E-state index contributed by atoms with van der Waals surface area (Å²) in [7, 11) is -7.69. The summed E-state index contributed by atoms with van der Waals surface area (Å²) in [5.74, 6) is 0. The molecule has 27 heavy (non-hydrogen) atoms. The smallest absolute Gasteiger partial charge is 0.206 e. The average Bonchev–Trinajstić information content (AvgIpc) is 2.62. The van der Waals surface area contributed by atoms with Crippen molar-refractivity contribution in [1.82, 2.24) is 0 Å². The lowest BCUT2D eigenvalue weighted by atomic mass is 10.2. The first kappa shape index (κ1) is 20.3. The molecule has 0 aromatic heterocycles. The highest BCUT2D eigenvalue weighted by Crippen LogP contribution is 2.30. The predicted octanol–water partition coefficient (Wildman–Crippen LogP) is 5.19. The standard InChI is InChI=1S/C19H14Br2O4S2/c1-13-2-7-18(26(22,23)16-8-3-14(20)4-9-16)12-19(13)27(24,25)17-10-5-15(21)6-11-17/h2-12H,1H3. The van der Waals surface area contributed by atoms with Crippen LogP contribution >= 0.6 is 31.9 Å². The van der Waals surface area contributed by atoms with Crippen LogP contribution in [0.4, 0.5) is 0 Å². The molecule has 3 aromatic carbocycles. The van der Waals surface area contributed by atoms with E-state index in [2.05, 4.69) is 31.9 Å². The van der Waals surface area contributed by atoms with E-state index in [1.807, 2.05) is 0 Å². The third-order valence-electron chi connectivity index (χ3n) is 4.01. The first-order valence-electron chi connectivity index (χ1n) is 7.74. The van der Waals surface area contributed by atoms with Crippen LogP contribution in [0.15, 0.2) is 95.3 Å². The molecule has 0 saturated heterocycles. The summed E-state index contributed by atoms with van der Waals surface area (Å²) in [4.78, 5) is 0.114. The van der Waals surface area contributed by atoms with Crippen LogP contribution < -0.4 is 0 Å². The molecule has 0 aliphatic rings. The molecule has 3 aromatic rings. The topological polar surface area (TPSA) is 68.3 Å². The van der Waals surface area contributed by atoms with Gasteiger partial charge in [0.15, 0.2) is 0 Å². The maximum Gasteiger partial charge on any atom is 0.206 e. The first-order valence-corrected chi connectivity index (χ1v) is 12.3. The summed E-state index contributed by atoms with van der Waals surface area (Å²) in [6.07, 6.45) is 0. The van der Waals surface area contributed by atoms with Crippen LogP contribution in [0.5, 0.6) is 0 Å². The maximum absolute atomic E-state index is 13.0. The van der Waals surface area contributed by atoms with Gasteiger partial charge in [-0.1, -0.05) is 37.9 Å². The molecular weight excluding hydrogens is 516 g/mol. The van der Waals surface area contributed by atoms with Gasteiger partial charge in [-0.25, -0.2) is 16.8 Å². The highest BCUT2D eigenvalue weighted by Gasteiger charge is 2.24. The summed E-state index contributed by atoms with van der Waals surface area (Å²) < 4.78 is 53.3. The minimum absolute atomic E-state index is 0.0250. The summed E-state index contributed by atoms with van der Waals surface area (Å²) in [5.41, 5.74) is 0.479. The Morgan fingerprint density at radius 1 is 0.593 bits per heavy atom. The molecule has 140 valence electrons. The minimum Gasteiger partial charge on any atom is -0.219 e. The van der Waals surface area contributed by atoms with Crippen molar-refractivity contribution in [1.29, 1.82) is 0 Å². The van der Waals surface area contributed by atoms with Crippen molar-refractivity contribution in [3.05, 3.63) is 81.2 Å². The molecule has 0 radical (unpaired) electrons. The molecule has 0 atom stereocenters. The fourth-order valence-electron chi connectivity index (χ4n) is 2.53. The Balaban J connectivity index is 2.15. The van der Waals surface area contributed by atoms with Crippen LogP contribution in [-0.4, -0.2) is 16.8 Å². The zero-order chi connectivity index (χ0) is 19.8. The van der Waals surface area contributed by atoms with Gasteiger partial charge in [-0.15, -0.1) is 0 Å². The van der Waals surface area contributed by atoms with Gasteiger partial charge in [0, 0.05) is 8.95 Å². The zero-order valence-corrected chi connectivity index (χ0v) is 18.9. The number of rotatable bonds is 4. The van der Waals surface area contributed by atoms with E-state index in [0.717, 1.165) is 8.95 Å². The van der Waals surface area contributed by atoms with E-state index in [4.69, 9.17) is 0 Å². The van der Waals surface area contributed by atoms with E-state index < -0.39 is 19.7 Å². The molecule has 8 heteroatoms. The molecule has 0 unspecified atom stereocenters. The molecular formula is C19H14Br2O4S2. The summed E-state index contributed by atoms with van der Waals surface area (Å²) in [6.45, 7) is 1.64. The molecule has 0 spiro atoms. The van der Waals surface area contributed by atoms with Crippen LogP contribution in [-0.2, 0) is 19.7 Å². The van der Waals surface area contributed by atoms with Gasteiger partial charge in [-0.3, -0.25) is 0 Å². The van der Waals surface area contributed by atoms with Crippen molar-refractivity contribution in [3.63, 3.8) is 0 Å². The van der Waals surface area contributed by atoms with Crippen LogP contribution in [0.2, 0.25) is 0 Å². The molecule has 3 rings (SSSR count). The van der Waals surface area contributed by atoms with Crippen LogP contribution in [0, 0.1) is 6.92 Å². The van der Waals surface area contributed by atoms with Crippen molar-refractivity contribution in [2.24, 2.45) is 0 Å². The molecule has 0 saturated carbocycles. The molecule has 0 heterocycles. The summed E-state index contributed by atoms with van der Waals surface area (Å²) >= 11 is 6.54. The van der Waals surface area contributed by atoms with Gasteiger partial charge in [-0.2, -0.15) is 0 Å². The Morgan fingerprint density at radius 2 is 1.00 bits per heavy atom. The number of benzene rings is 3. The van der Waals surface area contributed by atoms with Gasteiger partial charge < -0.3 is 0 Å². The Kier molecular flexibility index (Phi) is 5.63. The Morgan fingerprint density at radius 3 is 1.48 bits per heavy atom. The van der Waals surface area contributed by atoms with E-state index in [-0.39, 0.29) is 19.6 Å². The number of sulfone groups is 2. The molecule has 0 fully saturated rings. The van der Waals surface area contributed by atoms with Gasteiger partial charge in [0.05, 0.1) is 19.6 Å². The van der Waals surface area contributed by atoms with Crippen molar-refractivity contribution >= 4 is 51.5 Å². The molecule has 0 aliphatic carbocycles. The van der Waals surface area contributed by atoms with E-state index in [9.17, 15) is 16.8 Å². The third kappa shape index (κ3) is 4.03. The highest BCUT2D eigenvalue weighted by atomic mass is 79.9. The van der Waals surface area contributed by atoms with Gasteiger partial charge in [0.25, 0.3) is 0 Å². The molecule has 0 N–H and O–H groups in total. The molecule has 0 amide bonds. The fraction of sp³-hybridized carbons (Fsp3) is 0.0526. The molecule has 4 nitrogen and oxygen atoms in total. The maximum atomic E-state index is 13.0. The van der Waals surface area contributed by atoms with Crippen LogP contribution in [0.3, 0.4) is 0 Å². The fourth-order valence-corrected chi connectivity index (χ4v) is 5.94. The summed E-state index contributed by atoms with van der Waals surface area (Å²) in [5, 5.41) is 0. The average molecular weight is 530 g/mol. The van der Waals surface area contributed by atoms with Gasteiger partial charge in [0.1, 0.15) is 0 Å². The second kappa shape index (κ2) is 7.50. The van der Waals surface area contributed by atoms with Gasteiger partial charge in [0.2, 0.25) is 19.7 Å². The van der Waals surface area contributed by atoms with Crippen LogP contribution in [0.25, 0.3) is 0 Å². The normalized spacial score (nSPS) is 12.1. The van der Waals surface area contributed by atoms with Crippen molar-refractivity contribution in [3.8, 4) is 0 Å². The van der Waals surface area contributed by atoms with E-state index in [1.54, 1.807) is 31.2 Å². The van der Waals surface area contributed by atoms with E-state index in [0.29, 0.717) is 5.56 Å². The number of aryl methyl sites for hydroxylation is 1. The van der Waals surface area contributed by atoms with E-state index >= 15 is 0 Å². The molecule has 0 bridgehead atoms. The third-order valence-corrected chi connectivity index (χ3v) is 8.74. The predicted molar refractivity (Wildman–Crippen MR) is 110 cm³/mol. The molecule has 0 aliphatic heterocycles. The monoisotopic (exact) mass is 528 g/mol. The van der Waals surface area contributed by atoms with Crippen molar-refractivity contribution < 1.29 is 16.8 Å². The first-order chi connectivity index (χ1) is 12.6. The lowest BCUT2D eigenvalue weighted by Gasteiger charge is -2.11. The zero-order valence-electron chi connectivity index (χ0n) is 14.1. The van der Waals surface area contributed by atoms with Crippen LogP contribution in [0.1, 0.15) is 5.56 Å². The number of halogens is 2. The highest BCUT2D eigenvalue weighted by molar-refractivity contribution is 9.10. The van der Waals surface area contributed by atoms with Gasteiger partial charge >= 0.3 is 0 Å². The SMILES string of the molecule is Cc1ccc(S(=O)(=O)c2ccc(Br)cc2)cc1S(=O)(=O)c1ccc(Br)cc1. The second-order valence-electron chi connectivity index (χ2n) is 5.84. The van der Waals surface area contributed by atoms with Crippen molar-refractivity contribution in [2.75, 3.05) is 0 Å². The lowest BCUT2D eigenvalue weighted by Crippen LogP contribution is -2.08. The van der Waals surface area contributed by atoms with Gasteiger partial charge in [-0.05, 0) is 73.2 Å². The summed E-state index contributed by atoms with van der Waals surface area (Å²) in [6, 6.07) is 16.6. The Hall–Kier alpha value is -1.48. The lowest BCUT2D eigenvalue weighted by molar-refractivity contribution is 0.593. The Labute approximate surface area is 175 Å².